The van der Waals surface area contributed by atoms with E-state index in [4.69, 9.17) is 4.74 Å². The van der Waals surface area contributed by atoms with Crippen molar-refractivity contribution in [3.05, 3.63) is 124 Å². The van der Waals surface area contributed by atoms with Gasteiger partial charge in [0.25, 0.3) is 10.0 Å². The zero-order valence-corrected chi connectivity index (χ0v) is 28.1. The van der Waals surface area contributed by atoms with Gasteiger partial charge in [0.1, 0.15) is 18.3 Å². The molecule has 236 valence electrons. The number of benzene rings is 4. The highest BCUT2D eigenvalue weighted by Gasteiger charge is 2.35. The predicted molar refractivity (Wildman–Crippen MR) is 181 cm³/mol. The van der Waals surface area contributed by atoms with Gasteiger partial charge in [-0.3, -0.25) is 13.9 Å². The number of likely N-dealkylation sites (N-methyl/N-ethyl adjacent to an activating group) is 1. The molecule has 1 N–H and O–H groups in total. The Balaban J connectivity index is 1.83. The van der Waals surface area contributed by atoms with Gasteiger partial charge in [0.05, 0.1) is 17.2 Å². The molecule has 0 saturated heterocycles. The minimum Gasteiger partial charge on any atom is -0.492 e. The van der Waals surface area contributed by atoms with Gasteiger partial charge in [-0.25, -0.2) is 8.42 Å². The number of hydrogen-bond acceptors (Lipinski definition) is 5. The first kappa shape index (κ1) is 33.7. The Kier molecular flexibility index (Phi) is 11.8. The lowest BCUT2D eigenvalue weighted by molar-refractivity contribution is -0.140. The number of halogens is 1. The van der Waals surface area contributed by atoms with Crippen LogP contribution in [0, 0.1) is 6.92 Å². The number of rotatable bonds is 14. The van der Waals surface area contributed by atoms with Crippen molar-refractivity contribution < 1.29 is 22.7 Å². The van der Waals surface area contributed by atoms with Crippen LogP contribution in [0.4, 0.5) is 5.69 Å². The van der Waals surface area contributed by atoms with Crippen LogP contribution < -0.4 is 14.4 Å². The Hall–Kier alpha value is -4.15. The van der Waals surface area contributed by atoms with Gasteiger partial charge in [-0.15, -0.1) is 0 Å². The van der Waals surface area contributed by atoms with E-state index in [1.54, 1.807) is 43.3 Å². The molecule has 4 aromatic rings. The van der Waals surface area contributed by atoms with Gasteiger partial charge in [0.15, 0.2) is 0 Å². The molecule has 4 rings (SSSR count). The SMILES string of the molecule is CCNC(=O)C(Cc1ccccc1)N(Cc1cccc(Br)c1)C(=O)CN(c1ccccc1OCC)S(=O)(=O)c1ccc(C)cc1. The third-order valence-corrected chi connectivity index (χ3v) is 9.45. The highest BCUT2D eigenvalue weighted by atomic mass is 79.9. The van der Waals surface area contributed by atoms with Crippen LogP contribution in [0.3, 0.4) is 0 Å². The van der Waals surface area contributed by atoms with E-state index in [-0.39, 0.29) is 29.5 Å². The third kappa shape index (κ3) is 8.73. The van der Waals surface area contributed by atoms with E-state index in [0.717, 1.165) is 25.5 Å². The Labute approximate surface area is 274 Å². The number of anilines is 1. The van der Waals surface area contributed by atoms with Gasteiger partial charge in [-0.05, 0) is 68.3 Å². The summed E-state index contributed by atoms with van der Waals surface area (Å²) in [6.45, 7) is 5.69. The van der Waals surface area contributed by atoms with E-state index in [1.807, 2.05) is 68.4 Å². The van der Waals surface area contributed by atoms with E-state index < -0.39 is 28.5 Å². The number of para-hydroxylation sites is 2. The van der Waals surface area contributed by atoms with Gasteiger partial charge in [-0.2, -0.15) is 0 Å². The number of ether oxygens (including phenoxy) is 1. The van der Waals surface area contributed by atoms with Crippen LogP contribution in [-0.2, 0) is 32.6 Å². The summed E-state index contributed by atoms with van der Waals surface area (Å²) in [5.41, 5.74) is 2.78. The van der Waals surface area contributed by atoms with Crippen molar-refractivity contribution in [2.24, 2.45) is 0 Å². The molecule has 4 aromatic carbocycles. The van der Waals surface area contributed by atoms with E-state index >= 15 is 0 Å². The molecule has 0 saturated carbocycles. The van der Waals surface area contributed by atoms with E-state index in [0.29, 0.717) is 18.9 Å². The molecule has 8 nitrogen and oxygen atoms in total. The highest BCUT2D eigenvalue weighted by molar-refractivity contribution is 9.10. The number of carbonyl (C=O) groups is 2. The number of carbonyl (C=O) groups excluding carboxylic acids is 2. The first-order chi connectivity index (χ1) is 21.6. The molecule has 0 fully saturated rings. The number of hydrogen-bond donors (Lipinski definition) is 1. The van der Waals surface area contributed by atoms with Crippen molar-refractivity contribution >= 4 is 43.5 Å². The van der Waals surface area contributed by atoms with E-state index in [9.17, 15) is 18.0 Å². The summed E-state index contributed by atoms with van der Waals surface area (Å²) in [5.74, 6) is -0.539. The average Bonchev–Trinajstić information content (AvgIpc) is 3.03. The number of nitrogens with zero attached hydrogens (tertiary/aromatic N) is 2. The standard InChI is InChI=1S/C35H38BrN3O5S/c1-4-37-35(41)32(23-27-12-7-6-8-13-27)38(24-28-14-11-15-29(36)22-28)34(40)25-39(31-16-9-10-17-33(31)44-5-2)45(42,43)30-20-18-26(3)19-21-30/h6-22,32H,4-5,23-25H2,1-3H3,(H,37,41). The number of amides is 2. The van der Waals surface area contributed by atoms with Crippen LogP contribution in [-0.4, -0.2) is 50.9 Å². The van der Waals surface area contributed by atoms with Crippen molar-refractivity contribution in [3.63, 3.8) is 0 Å². The zero-order valence-electron chi connectivity index (χ0n) is 25.6. The summed E-state index contributed by atoms with van der Waals surface area (Å²) in [7, 11) is -4.24. The van der Waals surface area contributed by atoms with Crippen molar-refractivity contribution in [2.75, 3.05) is 24.0 Å². The lowest BCUT2D eigenvalue weighted by Crippen LogP contribution is -2.53. The molecule has 0 aliphatic heterocycles. The maximum absolute atomic E-state index is 14.5. The quantitative estimate of drug-likeness (QED) is 0.172. The summed E-state index contributed by atoms with van der Waals surface area (Å²) >= 11 is 3.50. The summed E-state index contributed by atoms with van der Waals surface area (Å²) < 4.78 is 36.3. The Morgan fingerprint density at radius 2 is 1.53 bits per heavy atom. The molecule has 0 aliphatic carbocycles. The highest BCUT2D eigenvalue weighted by Crippen LogP contribution is 2.33. The van der Waals surface area contributed by atoms with Crippen molar-refractivity contribution in [1.29, 1.82) is 0 Å². The van der Waals surface area contributed by atoms with Gasteiger partial charge in [0, 0.05) is 24.0 Å². The van der Waals surface area contributed by atoms with Gasteiger partial charge in [-0.1, -0.05) is 88.2 Å². The number of nitrogens with one attached hydrogen (secondary N) is 1. The van der Waals surface area contributed by atoms with Crippen LogP contribution in [0.1, 0.15) is 30.5 Å². The Morgan fingerprint density at radius 1 is 0.867 bits per heavy atom. The fourth-order valence-electron chi connectivity index (χ4n) is 4.97. The number of aryl methyl sites for hydroxylation is 1. The van der Waals surface area contributed by atoms with Gasteiger partial charge in [0.2, 0.25) is 11.8 Å². The second-order valence-electron chi connectivity index (χ2n) is 10.5. The first-order valence-corrected chi connectivity index (χ1v) is 17.0. The second kappa shape index (κ2) is 15.7. The fraction of sp³-hybridized carbons (Fsp3) is 0.257. The Bertz CT molecular complexity index is 1700. The molecular formula is C35H38BrN3O5S. The molecule has 45 heavy (non-hydrogen) atoms. The Morgan fingerprint density at radius 3 is 2.20 bits per heavy atom. The van der Waals surface area contributed by atoms with Gasteiger partial charge >= 0.3 is 0 Å². The predicted octanol–water partition coefficient (Wildman–Crippen LogP) is 6.13. The van der Waals surface area contributed by atoms with Crippen LogP contribution in [0.25, 0.3) is 0 Å². The minimum atomic E-state index is -4.24. The smallest absolute Gasteiger partial charge is 0.264 e. The largest absolute Gasteiger partial charge is 0.492 e. The lowest BCUT2D eigenvalue weighted by Gasteiger charge is -2.34. The van der Waals surface area contributed by atoms with Gasteiger partial charge < -0.3 is 15.0 Å². The maximum Gasteiger partial charge on any atom is 0.264 e. The molecular weight excluding hydrogens is 654 g/mol. The molecule has 0 aliphatic rings. The monoisotopic (exact) mass is 691 g/mol. The van der Waals surface area contributed by atoms with Crippen molar-refractivity contribution in [3.8, 4) is 5.75 Å². The summed E-state index contributed by atoms with van der Waals surface area (Å²) in [6, 6.07) is 29.2. The zero-order chi connectivity index (χ0) is 32.4. The maximum atomic E-state index is 14.5. The lowest BCUT2D eigenvalue weighted by atomic mass is 10.0. The van der Waals surface area contributed by atoms with Crippen LogP contribution >= 0.6 is 15.9 Å². The summed E-state index contributed by atoms with van der Waals surface area (Å²) in [4.78, 5) is 29.7. The second-order valence-corrected chi connectivity index (χ2v) is 13.3. The fourth-order valence-corrected chi connectivity index (χ4v) is 6.84. The molecule has 2 amide bonds. The van der Waals surface area contributed by atoms with Crippen molar-refractivity contribution in [1.82, 2.24) is 10.2 Å². The molecule has 0 heterocycles. The van der Waals surface area contributed by atoms with Crippen LogP contribution in [0.5, 0.6) is 5.75 Å². The van der Waals surface area contributed by atoms with E-state index in [1.165, 1.54) is 17.0 Å². The average molecular weight is 693 g/mol. The molecule has 0 radical (unpaired) electrons. The minimum absolute atomic E-state index is 0.0373. The van der Waals surface area contributed by atoms with E-state index in [2.05, 4.69) is 21.2 Å². The third-order valence-electron chi connectivity index (χ3n) is 7.19. The van der Waals surface area contributed by atoms with Crippen molar-refractivity contribution in [2.45, 2.75) is 44.7 Å². The first-order valence-electron chi connectivity index (χ1n) is 14.8. The number of sulfonamides is 1. The molecule has 0 aromatic heterocycles. The van der Waals surface area contributed by atoms with Crippen LogP contribution in [0.15, 0.2) is 112 Å². The molecule has 1 unspecified atom stereocenters. The topological polar surface area (TPSA) is 96.0 Å². The molecule has 1 atom stereocenters. The molecule has 0 spiro atoms. The van der Waals surface area contributed by atoms with Crippen LogP contribution in [0.2, 0.25) is 0 Å². The summed E-state index contributed by atoms with van der Waals surface area (Å²) in [6.07, 6.45) is 0.243. The molecule has 10 heteroatoms. The summed E-state index contributed by atoms with van der Waals surface area (Å²) in [5, 5.41) is 2.88. The normalized spacial score (nSPS) is 11.8. The molecule has 0 bridgehead atoms.